The van der Waals surface area contributed by atoms with E-state index < -0.39 is 5.82 Å². The van der Waals surface area contributed by atoms with Gasteiger partial charge in [-0.3, -0.25) is 0 Å². The fourth-order valence-electron chi connectivity index (χ4n) is 1.23. The Morgan fingerprint density at radius 2 is 2.19 bits per heavy atom. The van der Waals surface area contributed by atoms with Gasteiger partial charge in [-0.05, 0) is 50.8 Å². The van der Waals surface area contributed by atoms with Crippen LogP contribution >= 0.6 is 50.3 Å². The third-order valence-electron chi connectivity index (χ3n) is 1.97. The lowest BCUT2D eigenvalue weighted by molar-refractivity contribution is 0.453. The summed E-state index contributed by atoms with van der Waals surface area (Å²) in [4.78, 5) is 7.89. The lowest BCUT2D eigenvalue weighted by Gasteiger charge is -2.06. The zero-order chi connectivity index (χ0) is 11.9. The number of fused-ring (bicyclic) bond motifs is 1. The van der Waals surface area contributed by atoms with Gasteiger partial charge in [0.05, 0.1) is 9.86 Å². The normalized spacial score (nSPS) is 11.0. The van der Waals surface area contributed by atoms with Gasteiger partial charge in [0, 0.05) is 3.57 Å². The first kappa shape index (κ1) is 12.3. The highest BCUT2D eigenvalue weighted by molar-refractivity contribution is 14.1. The molecule has 0 aliphatic rings. The molecule has 0 atom stereocenters. The number of aromatic hydroxyl groups is 1. The van der Waals surface area contributed by atoms with Crippen LogP contribution in [-0.2, 0) is 0 Å². The van der Waals surface area contributed by atoms with Gasteiger partial charge in [-0.1, -0.05) is 11.8 Å². The van der Waals surface area contributed by atoms with E-state index >= 15 is 0 Å². The number of hydrogen-bond acceptors (Lipinski definition) is 4. The first-order chi connectivity index (χ1) is 7.54. The molecule has 0 spiro atoms. The standard InChI is InChI=1S/C9H5BrFIN2OS/c1-16-9-13-7-3(8(15)14-9)2-4(12)5(10)6(7)11/h2H,1H3,(H,13,14,15). The van der Waals surface area contributed by atoms with E-state index in [9.17, 15) is 9.50 Å². The predicted octanol–water partition coefficient (Wildman–Crippen LogP) is 3.56. The maximum atomic E-state index is 13.9. The van der Waals surface area contributed by atoms with E-state index in [1.807, 2.05) is 22.6 Å². The molecular formula is C9H5BrFIN2OS. The monoisotopic (exact) mass is 414 g/mol. The zero-order valence-electron chi connectivity index (χ0n) is 7.96. The third kappa shape index (κ3) is 2.00. The molecule has 7 heteroatoms. The van der Waals surface area contributed by atoms with Crippen LogP contribution in [0.1, 0.15) is 0 Å². The van der Waals surface area contributed by atoms with Gasteiger partial charge in [0.1, 0.15) is 5.52 Å². The van der Waals surface area contributed by atoms with Crippen molar-refractivity contribution < 1.29 is 9.50 Å². The Kier molecular flexibility index (Phi) is 3.55. The van der Waals surface area contributed by atoms with Crippen LogP contribution in [0, 0.1) is 9.39 Å². The molecule has 0 amide bonds. The second-order valence-electron chi connectivity index (χ2n) is 2.92. The van der Waals surface area contributed by atoms with Crippen LogP contribution < -0.4 is 0 Å². The Morgan fingerprint density at radius 1 is 1.50 bits per heavy atom. The van der Waals surface area contributed by atoms with Gasteiger partial charge in [0.25, 0.3) is 0 Å². The summed E-state index contributed by atoms with van der Waals surface area (Å²) in [5.41, 5.74) is 0.129. The smallest absolute Gasteiger partial charge is 0.223 e. The van der Waals surface area contributed by atoms with Gasteiger partial charge in [-0.2, -0.15) is 4.98 Å². The molecule has 0 aliphatic heterocycles. The number of halogens is 3. The summed E-state index contributed by atoms with van der Waals surface area (Å²) in [7, 11) is 0. The fourth-order valence-corrected chi connectivity index (χ4v) is 2.44. The van der Waals surface area contributed by atoms with Crippen molar-refractivity contribution in [1.29, 1.82) is 0 Å². The van der Waals surface area contributed by atoms with Crippen LogP contribution in [0.4, 0.5) is 4.39 Å². The maximum Gasteiger partial charge on any atom is 0.223 e. The first-order valence-electron chi connectivity index (χ1n) is 4.12. The number of rotatable bonds is 1. The fraction of sp³-hybridized carbons (Fsp3) is 0.111. The first-order valence-corrected chi connectivity index (χ1v) is 7.22. The van der Waals surface area contributed by atoms with Crippen LogP contribution in [0.15, 0.2) is 15.7 Å². The molecule has 3 nitrogen and oxygen atoms in total. The van der Waals surface area contributed by atoms with Crippen LogP contribution in [0.5, 0.6) is 5.88 Å². The van der Waals surface area contributed by atoms with Crippen molar-refractivity contribution in [1.82, 2.24) is 9.97 Å². The minimum Gasteiger partial charge on any atom is -0.493 e. The number of hydrogen-bond donors (Lipinski definition) is 1. The van der Waals surface area contributed by atoms with Crippen molar-refractivity contribution in [3.63, 3.8) is 0 Å². The van der Waals surface area contributed by atoms with Crippen molar-refractivity contribution in [2.45, 2.75) is 5.16 Å². The topological polar surface area (TPSA) is 46.0 Å². The largest absolute Gasteiger partial charge is 0.493 e. The highest BCUT2D eigenvalue weighted by Gasteiger charge is 2.15. The molecule has 2 rings (SSSR count). The summed E-state index contributed by atoms with van der Waals surface area (Å²) in [5.74, 6) is -0.673. The second kappa shape index (κ2) is 4.61. The molecule has 0 fully saturated rings. The van der Waals surface area contributed by atoms with Crippen molar-refractivity contribution in [2.75, 3.05) is 6.26 Å². The Bertz CT molecular complexity index is 581. The molecule has 1 aromatic heterocycles. The lowest BCUT2D eigenvalue weighted by atomic mass is 10.2. The highest BCUT2D eigenvalue weighted by atomic mass is 127. The van der Waals surface area contributed by atoms with Crippen molar-refractivity contribution in [3.8, 4) is 5.88 Å². The van der Waals surface area contributed by atoms with Crippen LogP contribution in [-0.4, -0.2) is 21.3 Å². The Morgan fingerprint density at radius 3 is 2.81 bits per heavy atom. The van der Waals surface area contributed by atoms with Crippen molar-refractivity contribution in [2.24, 2.45) is 0 Å². The summed E-state index contributed by atoms with van der Waals surface area (Å²) < 4.78 is 14.9. The summed E-state index contributed by atoms with van der Waals surface area (Å²) >= 11 is 6.36. The summed E-state index contributed by atoms with van der Waals surface area (Å²) in [6.07, 6.45) is 1.76. The highest BCUT2D eigenvalue weighted by Crippen LogP contribution is 2.33. The SMILES string of the molecule is CSc1nc(O)c2cc(I)c(Br)c(F)c2n1. The molecule has 0 saturated carbocycles. The summed E-state index contributed by atoms with van der Waals surface area (Å²) in [5, 5.41) is 10.3. The molecule has 1 aromatic carbocycles. The predicted molar refractivity (Wildman–Crippen MR) is 73.4 cm³/mol. The zero-order valence-corrected chi connectivity index (χ0v) is 12.5. The summed E-state index contributed by atoms with van der Waals surface area (Å²) in [6, 6.07) is 1.64. The molecular weight excluding hydrogens is 410 g/mol. The minimum atomic E-state index is -0.477. The van der Waals surface area contributed by atoms with E-state index in [0.717, 1.165) is 0 Å². The third-order valence-corrected chi connectivity index (χ3v) is 4.88. The number of thioether (sulfide) groups is 1. The van der Waals surface area contributed by atoms with Crippen molar-refractivity contribution in [3.05, 3.63) is 19.9 Å². The number of benzene rings is 1. The van der Waals surface area contributed by atoms with Gasteiger partial charge in [-0.15, -0.1) is 0 Å². The van der Waals surface area contributed by atoms with E-state index in [0.29, 0.717) is 18.6 Å². The van der Waals surface area contributed by atoms with E-state index in [1.54, 1.807) is 12.3 Å². The van der Waals surface area contributed by atoms with Gasteiger partial charge < -0.3 is 5.11 Å². The molecule has 16 heavy (non-hydrogen) atoms. The van der Waals surface area contributed by atoms with Gasteiger partial charge in [0.15, 0.2) is 11.0 Å². The number of nitrogens with zero attached hydrogens (tertiary/aromatic N) is 2. The number of aromatic nitrogens is 2. The van der Waals surface area contributed by atoms with Crippen LogP contribution in [0.25, 0.3) is 10.9 Å². The molecule has 84 valence electrons. The molecule has 0 aliphatic carbocycles. The minimum absolute atomic E-state index is 0.129. The van der Waals surface area contributed by atoms with E-state index in [1.165, 1.54) is 11.8 Å². The van der Waals surface area contributed by atoms with E-state index in [-0.39, 0.29) is 11.4 Å². The molecule has 2 aromatic rings. The Hall–Kier alpha value is -0.150. The molecule has 1 N–H and O–H groups in total. The Balaban J connectivity index is 2.90. The molecule has 0 radical (unpaired) electrons. The van der Waals surface area contributed by atoms with E-state index in [4.69, 9.17) is 0 Å². The van der Waals surface area contributed by atoms with E-state index in [2.05, 4.69) is 25.9 Å². The molecule has 0 saturated heterocycles. The average Bonchev–Trinajstić information content (AvgIpc) is 2.27. The van der Waals surface area contributed by atoms with Gasteiger partial charge in [-0.25, -0.2) is 9.37 Å². The molecule has 1 heterocycles. The van der Waals surface area contributed by atoms with Gasteiger partial charge >= 0.3 is 0 Å². The lowest BCUT2D eigenvalue weighted by Crippen LogP contribution is -1.94. The summed E-state index contributed by atoms with van der Waals surface area (Å²) in [6.45, 7) is 0. The second-order valence-corrected chi connectivity index (χ2v) is 5.65. The maximum absolute atomic E-state index is 13.9. The van der Waals surface area contributed by atoms with Crippen molar-refractivity contribution >= 4 is 61.2 Å². The van der Waals surface area contributed by atoms with Gasteiger partial charge in [0.2, 0.25) is 5.88 Å². The average molecular weight is 415 g/mol. The van der Waals surface area contributed by atoms with Crippen LogP contribution in [0.3, 0.4) is 0 Å². The molecule has 0 bridgehead atoms. The van der Waals surface area contributed by atoms with Crippen LogP contribution in [0.2, 0.25) is 0 Å². The Labute approximate surface area is 117 Å². The molecule has 0 unspecified atom stereocenters. The quantitative estimate of drug-likeness (QED) is 0.335.